The summed E-state index contributed by atoms with van der Waals surface area (Å²) in [7, 11) is 0. The highest BCUT2D eigenvalue weighted by Gasteiger charge is 2.31. The predicted molar refractivity (Wildman–Crippen MR) is 91.4 cm³/mol. The maximum atomic E-state index is 12.8. The highest BCUT2D eigenvalue weighted by atomic mass is 19.4. The molecule has 0 aliphatic carbocycles. The highest BCUT2D eigenvalue weighted by Crippen LogP contribution is 2.32. The van der Waals surface area contributed by atoms with Crippen LogP contribution in [0.2, 0.25) is 0 Å². The summed E-state index contributed by atoms with van der Waals surface area (Å²) in [5.74, 6) is -1.33. The van der Waals surface area contributed by atoms with Crippen LogP contribution in [0.5, 0.6) is 0 Å². The number of carbonyl (C=O) groups is 2. The monoisotopic (exact) mass is 397 g/mol. The molecule has 1 amide bonds. The fourth-order valence-corrected chi connectivity index (χ4v) is 2.76. The lowest BCUT2D eigenvalue weighted by Gasteiger charge is -2.28. The van der Waals surface area contributed by atoms with Crippen LogP contribution in [-0.2, 0) is 20.4 Å². The van der Waals surface area contributed by atoms with Crippen molar-refractivity contribution in [2.24, 2.45) is 0 Å². The molecule has 1 aromatic heterocycles. The van der Waals surface area contributed by atoms with E-state index in [9.17, 15) is 22.8 Å². The minimum absolute atomic E-state index is 0.0882. The van der Waals surface area contributed by atoms with Crippen molar-refractivity contribution >= 4 is 11.9 Å². The second-order valence-corrected chi connectivity index (χ2v) is 6.23. The van der Waals surface area contributed by atoms with Crippen molar-refractivity contribution in [3.05, 3.63) is 47.7 Å². The Labute approximate surface area is 158 Å². The third-order valence-corrected chi connectivity index (χ3v) is 4.24. The molecule has 1 aliphatic heterocycles. The Bertz CT molecular complexity index is 855. The Morgan fingerprint density at radius 1 is 1.14 bits per heavy atom. The van der Waals surface area contributed by atoms with Gasteiger partial charge in [-0.25, -0.2) is 4.79 Å². The Hall–Kier alpha value is -2.81. The molecule has 1 unspecified atom stereocenters. The molecule has 2 heterocycles. The van der Waals surface area contributed by atoms with Crippen molar-refractivity contribution in [1.29, 1.82) is 0 Å². The molecule has 1 atom stereocenters. The highest BCUT2D eigenvalue weighted by molar-refractivity contribution is 5.90. The van der Waals surface area contributed by atoms with E-state index in [1.807, 2.05) is 0 Å². The van der Waals surface area contributed by atoms with Crippen LogP contribution in [0.1, 0.15) is 23.0 Å². The minimum atomic E-state index is -4.49. The molecule has 28 heavy (non-hydrogen) atoms. The average molecular weight is 397 g/mol. The smallest absolute Gasteiger partial charge is 0.416 e. The first kappa shape index (κ1) is 19.9. The molecule has 1 aliphatic rings. The molecule has 150 valence electrons. The molecular weight excluding hydrogens is 379 g/mol. The normalized spacial score (nSPS) is 15.9. The molecule has 0 saturated carbocycles. The standard InChI is InChI=1S/C19H18F3NO5/c1-12(17(24)23-7-9-26-10-8-23)27-18(25)16-6-5-15(28-16)13-3-2-4-14(11-13)19(20,21)22/h2-6,11-12H,7-10H2,1H3. The van der Waals surface area contributed by atoms with Crippen molar-refractivity contribution in [2.45, 2.75) is 19.2 Å². The lowest BCUT2D eigenvalue weighted by atomic mass is 10.1. The summed E-state index contributed by atoms with van der Waals surface area (Å²) in [5.41, 5.74) is -0.651. The van der Waals surface area contributed by atoms with E-state index in [-0.39, 0.29) is 23.0 Å². The molecule has 0 bridgehead atoms. The average Bonchev–Trinajstić information content (AvgIpc) is 3.18. The molecule has 1 fully saturated rings. The van der Waals surface area contributed by atoms with Crippen LogP contribution in [-0.4, -0.2) is 49.2 Å². The Balaban J connectivity index is 1.68. The molecule has 1 saturated heterocycles. The van der Waals surface area contributed by atoms with Gasteiger partial charge in [0.25, 0.3) is 5.91 Å². The molecule has 9 heteroatoms. The quantitative estimate of drug-likeness (QED) is 0.740. The van der Waals surface area contributed by atoms with Gasteiger partial charge in [0.2, 0.25) is 5.76 Å². The molecule has 0 spiro atoms. The number of alkyl halides is 3. The SMILES string of the molecule is CC(OC(=O)c1ccc(-c2cccc(C(F)(F)F)c2)o1)C(=O)N1CCOCC1. The zero-order chi connectivity index (χ0) is 20.3. The number of furan rings is 1. The number of amides is 1. The number of rotatable bonds is 4. The van der Waals surface area contributed by atoms with Crippen molar-refractivity contribution in [1.82, 2.24) is 4.90 Å². The van der Waals surface area contributed by atoms with E-state index in [1.54, 1.807) is 0 Å². The van der Waals surface area contributed by atoms with E-state index in [2.05, 4.69) is 0 Å². The number of hydrogen-bond acceptors (Lipinski definition) is 5. The van der Waals surface area contributed by atoms with Gasteiger partial charge in [-0.3, -0.25) is 4.79 Å². The second kappa shape index (κ2) is 8.05. The number of nitrogens with zero attached hydrogens (tertiary/aromatic N) is 1. The summed E-state index contributed by atoms with van der Waals surface area (Å²) in [5, 5.41) is 0. The van der Waals surface area contributed by atoms with Gasteiger partial charge in [-0.2, -0.15) is 13.2 Å². The molecule has 0 radical (unpaired) electrons. The summed E-state index contributed by atoms with van der Waals surface area (Å²) in [4.78, 5) is 26.0. The number of ether oxygens (including phenoxy) is 2. The molecule has 6 nitrogen and oxygen atoms in total. The van der Waals surface area contributed by atoms with E-state index in [0.717, 1.165) is 12.1 Å². The lowest BCUT2D eigenvalue weighted by Crippen LogP contribution is -2.46. The van der Waals surface area contributed by atoms with Gasteiger partial charge >= 0.3 is 12.1 Å². The number of benzene rings is 1. The third kappa shape index (κ3) is 4.53. The van der Waals surface area contributed by atoms with E-state index in [4.69, 9.17) is 13.9 Å². The van der Waals surface area contributed by atoms with Gasteiger partial charge in [0.05, 0.1) is 18.8 Å². The van der Waals surface area contributed by atoms with E-state index in [1.165, 1.54) is 36.1 Å². The maximum Gasteiger partial charge on any atom is 0.416 e. The summed E-state index contributed by atoms with van der Waals surface area (Å²) < 4.78 is 54.2. The van der Waals surface area contributed by atoms with Crippen molar-refractivity contribution in [2.75, 3.05) is 26.3 Å². The first-order valence-corrected chi connectivity index (χ1v) is 8.60. The summed E-state index contributed by atoms with van der Waals surface area (Å²) >= 11 is 0. The fraction of sp³-hybridized carbons (Fsp3) is 0.368. The van der Waals surface area contributed by atoms with E-state index >= 15 is 0 Å². The van der Waals surface area contributed by atoms with E-state index in [0.29, 0.717) is 26.3 Å². The van der Waals surface area contributed by atoms with Gasteiger partial charge in [0.1, 0.15) is 5.76 Å². The van der Waals surface area contributed by atoms with Crippen LogP contribution in [0.3, 0.4) is 0 Å². The van der Waals surface area contributed by atoms with E-state index < -0.39 is 23.8 Å². The van der Waals surface area contributed by atoms with Crippen LogP contribution < -0.4 is 0 Å². The van der Waals surface area contributed by atoms with Crippen molar-refractivity contribution in [3.63, 3.8) is 0 Å². The molecule has 3 rings (SSSR count). The summed E-state index contributed by atoms with van der Waals surface area (Å²) in [6.45, 7) is 3.13. The summed E-state index contributed by atoms with van der Waals surface area (Å²) in [6, 6.07) is 7.24. The third-order valence-electron chi connectivity index (χ3n) is 4.24. The molecule has 1 aromatic carbocycles. The largest absolute Gasteiger partial charge is 0.449 e. The first-order chi connectivity index (χ1) is 13.3. The van der Waals surface area contributed by atoms with Crippen LogP contribution in [0, 0.1) is 0 Å². The second-order valence-electron chi connectivity index (χ2n) is 6.23. The number of halogens is 3. The Morgan fingerprint density at radius 2 is 1.86 bits per heavy atom. The molecular formula is C19H18F3NO5. The van der Waals surface area contributed by atoms with Crippen LogP contribution in [0.15, 0.2) is 40.8 Å². The van der Waals surface area contributed by atoms with Gasteiger partial charge in [0.15, 0.2) is 6.10 Å². The van der Waals surface area contributed by atoms with Crippen LogP contribution >= 0.6 is 0 Å². The van der Waals surface area contributed by atoms with Crippen molar-refractivity contribution < 1.29 is 36.7 Å². The number of carbonyl (C=O) groups excluding carboxylic acids is 2. The predicted octanol–water partition coefficient (Wildman–Crippen LogP) is 3.37. The first-order valence-electron chi connectivity index (χ1n) is 8.60. The Morgan fingerprint density at radius 3 is 2.54 bits per heavy atom. The van der Waals surface area contributed by atoms with Gasteiger partial charge in [-0.15, -0.1) is 0 Å². The van der Waals surface area contributed by atoms with Gasteiger partial charge in [-0.05, 0) is 31.2 Å². The van der Waals surface area contributed by atoms with Gasteiger partial charge < -0.3 is 18.8 Å². The van der Waals surface area contributed by atoms with Crippen LogP contribution in [0.25, 0.3) is 11.3 Å². The summed E-state index contributed by atoms with van der Waals surface area (Å²) in [6.07, 6.45) is -5.51. The minimum Gasteiger partial charge on any atom is -0.449 e. The number of hydrogen-bond donors (Lipinski definition) is 0. The zero-order valence-corrected chi connectivity index (χ0v) is 15.0. The molecule has 0 N–H and O–H groups in total. The topological polar surface area (TPSA) is 69.0 Å². The van der Waals surface area contributed by atoms with Crippen LogP contribution in [0.4, 0.5) is 13.2 Å². The number of morpholine rings is 1. The lowest BCUT2D eigenvalue weighted by molar-refractivity contribution is -0.143. The number of esters is 1. The van der Waals surface area contributed by atoms with Crippen molar-refractivity contribution in [3.8, 4) is 11.3 Å². The van der Waals surface area contributed by atoms with Gasteiger partial charge in [-0.1, -0.05) is 12.1 Å². The van der Waals surface area contributed by atoms with Gasteiger partial charge in [0, 0.05) is 18.7 Å². The zero-order valence-electron chi connectivity index (χ0n) is 15.0. The molecule has 2 aromatic rings. The fourth-order valence-electron chi connectivity index (χ4n) is 2.76. The maximum absolute atomic E-state index is 12.8. The Kier molecular flexibility index (Phi) is 5.73.